The lowest BCUT2D eigenvalue weighted by atomic mass is 10.2. The summed E-state index contributed by atoms with van der Waals surface area (Å²) in [6, 6.07) is 7.15. The first kappa shape index (κ1) is 11.6. The molecule has 0 saturated heterocycles. The number of benzene rings is 1. The lowest BCUT2D eigenvalue weighted by molar-refractivity contribution is 0.176. The summed E-state index contributed by atoms with van der Waals surface area (Å²) in [4.78, 5) is 10.5. The molecule has 1 aromatic rings. The van der Waals surface area contributed by atoms with Gasteiger partial charge in [0.05, 0.1) is 6.61 Å². The first-order chi connectivity index (χ1) is 7.07. The number of carbonyl (C=O) groups excluding carboxylic acids is 1. The zero-order chi connectivity index (χ0) is 11.3. The van der Waals surface area contributed by atoms with Crippen LogP contribution in [-0.4, -0.2) is 18.5 Å². The Bertz CT molecular complexity index is 314. The van der Waals surface area contributed by atoms with Crippen LogP contribution >= 0.6 is 0 Å². The number of hydrogen-bond acceptors (Lipinski definition) is 3. The predicted octanol–water partition coefficient (Wildman–Crippen LogP) is 2.35. The molecule has 1 rings (SSSR count). The zero-order valence-electron chi connectivity index (χ0n) is 9.24. The molecule has 81 valence electrons. The highest BCUT2D eigenvalue weighted by molar-refractivity contribution is 5.62. The number of rotatable bonds is 5. The number of hydrogen-bond donors (Lipinski definition) is 0. The van der Waals surface area contributed by atoms with E-state index in [9.17, 15) is 4.79 Å². The molecule has 0 aliphatic rings. The van der Waals surface area contributed by atoms with Crippen LogP contribution in [0.15, 0.2) is 24.3 Å². The second-order valence-corrected chi connectivity index (χ2v) is 3.62. The summed E-state index contributed by atoms with van der Waals surface area (Å²) in [7, 11) is 0. The van der Waals surface area contributed by atoms with Crippen molar-refractivity contribution in [2.45, 2.75) is 26.4 Å². The van der Waals surface area contributed by atoms with E-state index in [4.69, 9.17) is 9.47 Å². The summed E-state index contributed by atoms with van der Waals surface area (Å²) in [5.41, 5.74) is -0.910. The van der Waals surface area contributed by atoms with E-state index in [0.29, 0.717) is 12.4 Å². The maximum Gasteiger partial charge on any atom is 0.245 e. The van der Waals surface area contributed by atoms with Crippen LogP contribution < -0.4 is 9.47 Å². The fourth-order valence-corrected chi connectivity index (χ4v) is 1.09. The molecule has 3 heteroatoms. The topological polar surface area (TPSA) is 35.5 Å². The Balaban J connectivity index is 2.68. The van der Waals surface area contributed by atoms with E-state index >= 15 is 0 Å². The van der Waals surface area contributed by atoms with Crippen molar-refractivity contribution < 1.29 is 14.3 Å². The van der Waals surface area contributed by atoms with Gasteiger partial charge >= 0.3 is 0 Å². The Hall–Kier alpha value is -1.51. The van der Waals surface area contributed by atoms with Gasteiger partial charge in [-0.05, 0) is 45.0 Å². The molecule has 0 saturated carbocycles. The minimum atomic E-state index is -0.910. The largest absolute Gasteiger partial charge is 0.494 e. The molecule has 1 aromatic carbocycles. The van der Waals surface area contributed by atoms with Gasteiger partial charge in [-0.25, -0.2) is 0 Å². The zero-order valence-corrected chi connectivity index (χ0v) is 9.24. The minimum absolute atomic E-state index is 0.631. The van der Waals surface area contributed by atoms with Gasteiger partial charge in [0.25, 0.3) is 0 Å². The molecule has 0 aliphatic heterocycles. The molecule has 0 atom stereocenters. The van der Waals surface area contributed by atoms with Crippen molar-refractivity contribution >= 4 is 6.29 Å². The first-order valence-electron chi connectivity index (χ1n) is 4.88. The average molecular weight is 207 g/mol. The van der Waals surface area contributed by atoms with Gasteiger partial charge in [0.1, 0.15) is 11.5 Å². The van der Waals surface area contributed by atoms with Gasteiger partial charge in [-0.15, -0.1) is 0 Å². The number of ether oxygens (including phenoxy) is 2. The van der Waals surface area contributed by atoms with Crippen LogP contribution in [-0.2, 0) is 4.79 Å². The molecule has 0 spiro atoms. The summed E-state index contributed by atoms with van der Waals surface area (Å²) in [6.45, 7) is 5.88. The van der Waals surface area contributed by atoms with Crippen molar-refractivity contribution in [3.63, 3.8) is 0 Å². The SMILES string of the molecule is CCOc1ccc(OC(C)(C)[C]=O)cc1. The van der Waals surface area contributed by atoms with E-state index in [-0.39, 0.29) is 0 Å². The van der Waals surface area contributed by atoms with Crippen LogP contribution in [0.1, 0.15) is 20.8 Å². The third kappa shape index (κ3) is 3.62. The Labute approximate surface area is 90.0 Å². The molecule has 0 N–H and O–H groups in total. The van der Waals surface area contributed by atoms with Crippen molar-refractivity contribution in [3.8, 4) is 11.5 Å². The Kier molecular flexibility index (Phi) is 3.72. The van der Waals surface area contributed by atoms with Crippen LogP contribution in [0.2, 0.25) is 0 Å². The molecule has 0 bridgehead atoms. The predicted molar refractivity (Wildman–Crippen MR) is 58.0 cm³/mol. The van der Waals surface area contributed by atoms with Crippen LogP contribution in [0.4, 0.5) is 0 Å². The van der Waals surface area contributed by atoms with Crippen LogP contribution in [0, 0.1) is 0 Å². The normalized spacial score (nSPS) is 10.9. The minimum Gasteiger partial charge on any atom is -0.494 e. The third-order valence-corrected chi connectivity index (χ3v) is 1.75. The van der Waals surface area contributed by atoms with E-state index < -0.39 is 5.60 Å². The van der Waals surface area contributed by atoms with Gasteiger partial charge in [-0.1, -0.05) is 0 Å². The fourth-order valence-electron chi connectivity index (χ4n) is 1.09. The van der Waals surface area contributed by atoms with Gasteiger partial charge in [-0.3, -0.25) is 4.79 Å². The lowest BCUT2D eigenvalue weighted by Crippen LogP contribution is -2.29. The van der Waals surface area contributed by atoms with Gasteiger partial charge in [0.15, 0.2) is 5.60 Å². The Morgan fingerprint density at radius 3 is 2.20 bits per heavy atom. The van der Waals surface area contributed by atoms with Crippen molar-refractivity contribution in [2.75, 3.05) is 6.61 Å². The van der Waals surface area contributed by atoms with Crippen LogP contribution in [0.25, 0.3) is 0 Å². The molecule has 15 heavy (non-hydrogen) atoms. The van der Waals surface area contributed by atoms with E-state index in [0.717, 1.165) is 5.75 Å². The highest BCUT2D eigenvalue weighted by atomic mass is 16.5. The Morgan fingerprint density at radius 2 is 1.73 bits per heavy atom. The highest BCUT2D eigenvalue weighted by Crippen LogP contribution is 2.20. The van der Waals surface area contributed by atoms with Crippen molar-refractivity contribution in [3.05, 3.63) is 24.3 Å². The highest BCUT2D eigenvalue weighted by Gasteiger charge is 2.19. The first-order valence-corrected chi connectivity index (χ1v) is 4.88. The van der Waals surface area contributed by atoms with Crippen molar-refractivity contribution in [1.82, 2.24) is 0 Å². The fraction of sp³-hybridized carbons (Fsp3) is 0.417. The van der Waals surface area contributed by atoms with Gasteiger partial charge in [0, 0.05) is 0 Å². The van der Waals surface area contributed by atoms with Gasteiger partial charge in [-0.2, -0.15) is 0 Å². The maximum atomic E-state index is 10.5. The van der Waals surface area contributed by atoms with Crippen molar-refractivity contribution in [2.24, 2.45) is 0 Å². The van der Waals surface area contributed by atoms with Gasteiger partial charge in [0.2, 0.25) is 6.29 Å². The van der Waals surface area contributed by atoms with Crippen molar-refractivity contribution in [1.29, 1.82) is 0 Å². The molecule has 1 radical (unpaired) electrons. The standard InChI is InChI=1S/C12H15O3/c1-4-14-10-5-7-11(8-6-10)15-12(2,3)9-13/h5-8H,4H2,1-3H3. The van der Waals surface area contributed by atoms with Crippen LogP contribution in [0.5, 0.6) is 11.5 Å². The molecule has 3 nitrogen and oxygen atoms in total. The molecule has 0 aliphatic carbocycles. The maximum absolute atomic E-state index is 10.5. The molecular formula is C12H15O3. The molecule has 0 heterocycles. The van der Waals surface area contributed by atoms with Gasteiger partial charge < -0.3 is 9.47 Å². The smallest absolute Gasteiger partial charge is 0.245 e. The van der Waals surface area contributed by atoms with E-state index in [1.165, 1.54) is 0 Å². The molecule has 0 unspecified atom stereocenters. The van der Waals surface area contributed by atoms with Crippen LogP contribution in [0.3, 0.4) is 0 Å². The van der Waals surface area contributed by atoms with E-state index in [2.05, 4.69) is 0 Å². The molecule has 0 amide bonds. The summed E-state index contributed by atoms with van der Waals surface area (Å²) < 4.78 is 10.7. The molecular weight excluding hydrogens is 192 g/mol. The summed E-state index contributed by atoms with van der Waals surface area (Å²) >= 11 is 0. The monoisotopic (exact) mass is 207 g/mol. The summed E-state index contributed by atoms with van der Waals surface area (Å²) in [5, 5.41) is 0. The quantitative estimate of drug-likeness (QED) is 0.743. The Morgan fingerprint density at radius 1 is 1.20 bits per heavy atom. The van der Waals surface area contributed by atoms with E-state index in [1.807, 2.05) is 13.2 Å². The second-order valence-electron chi connectivity index (χ2n) is 3.62. The molecule has 0 fully saturated rings. The third-order valence-electron chi connectivity index (χ3n) is 1.75. The lowest BCUT2D eigenvalue weighted by Gasteiger charge is -2.18. The summed E-state index contributed by atoms with van der Waals surface area (Å²) in [5.74, 6) is 1.42. The summed E-state index contributed by atoms with van der Waals surface area (Å²) in [6.07, 6.45) is 1.83. The average Bonchev–Trinajstić information content (AvgIpc) is 2.21. The second kappa shape index (κ2) is 4.82. The molecule has 0 aromatic heterocycles. The van der Waals surface area contributed by atoms with E-state index in [1.54, 1.807) is 38.1 Å².